The predicted octanol–water partition coefficient (Wildman–Crippen LogP) is 4.67. The summed E-state index contributed by atoms with van der Waals surface area (Å²) in [4.78, 5) is 0. The Bertz CT molecular complexity index is 597. The Morgan fingerprint density at radius 3 is 2.24 bits per heavy atom. The van der Waals surface area contributed by atoms with Crippen molar-refractivity contribution in [3.8, 4) is 17.2 Å². The van der Waals surface area contributed by atoms with Gasteiger partial charge in [0, 0.05) is 15.6 Å². The second-order valence-electron chi connectivity index (χ2n) is 3.46. The molecule has 17 heavy (non-hydrogen) atoms. The van der Waals surface area contributed by atoms with Crippen LogP contribution in [0.2, 0.25) is 10.0 Å². The van der Waals surface area contributed by atoms with E-state index in [1.54, 1.807) is 18.2 Å². The number of nitriles is 1. The Kier molecular flexibility index (Phi) is 3.33. The fourth-order valence-corrected chi connectivity index (χ4v) is 2.09. The highest BCUT2D eigenvalue weighted by Gasteiger charge is 2.08. The van der Waals surface area contributed by atoms with Gasteiger partial charge >= 0.3 is 0 Å². The monoisotopic (exact) mass is 265 g/mol. The van der Waals surface area contributed by atoms with Gasteiger partial charge in [-0.2, -0.15) is 5.26 Å². The summed E-state index contributed by atoms with van der Waals surface area (Å²) in [6.07, 6.45) is 0. The number of hydrogen-bond donors (Lipinski definition) is 0. The molecule has 2 aromatic rings. The molecule has 0 aliphatic rings. The molecule has 0 saturated carbocycles. The van der Waals surface area contributed by atoms with E-state index in [1.165, 1.54) is 18.2 Å². The van der Waals surface area contributed by atoms with Crippen LogP contribution in [0.15, 0.2) is 36.4 Å². The van der Waals surface area contributed by atoms with Crippen molar-refractivity contribution >= 4 is 23.2 Å². The van der Waals surface area contributed by atoms with Gasteiger partial charge in [0.15, 0.2) is 0 Å². The minimum Gasteiger partial charge on any atom is -0.207 e. The van der Waals surface area contributed by atoms with Gasteiger partial charge in [-0.05, 0) is 42.0 Å². The lowest BCUT2D eigenvalue weighted by molar-refractivity contribution is 0.628. The van der Waals surface area contributed by atoms with Gasteiger partial charge in [-0.15, -0.1) is 0 Å². The first-order valence-corrected chi connectivity index (χ1v) is 5.52. The van der Waals surface area contributed by atoms with Crippen LogP contribution in [0.4, 0.5) is 4.39 Å². The lowest BCUT2D eigenvalue weighted by Gasteiger charge is -2.06. The van der Waals surface area contributed by atoms with Gasteiger partial charge in [0.2, 0.25) is 0 Å². The first kappa shape index (κ1) is 11.9. The molecule has 0 aromatic heterocycles. The maximum absolute atomic E-state index is 13.2. The normalized spacial score (nSPS) is 10.0. The standard InChI is InChI=1S/C13H6Cl2FN/c14-10-3-9(4-11(15)5-10)13-6-12(16)2-1-8(13)7-17/h1-6H. The molecule has 0 bridgehead atoms. The van der Waals surface area contributed by atoms with E-state index in [9.17, 15) is 4.39 Å². The van der Waals surface area contributed by atoms with Gasteiger partial charge in [0.05, 0.1) is 11.6 Å². The van der Waals surface area contributed by atoms with Crippen molar-refractivity contribution in [2.45, 2.75) is 0 Å². The summed E-state index contributed by atoms with van der Waals surface area (Å²) < 4.78 is 13.2. The van der Waals surface area contributed by atoms with Crippen LogP contribution in [0.25, 0.3) is 11.1 Å². The highest BCUT2D eigenvalue weighted by molar-refractivity contribution is 6.35. The van der Waals surface area contributed by atoms with Crippen molar-refractivity contribution in [1.82, 2.24) is 0 Å². The van der Waals surface area contributed by atoms with Crippen molar-refractivity contribution in [2.75, 3.05) is 0 Å². The highest BCUT2D eigenvalue weighted by Crippen LogP contribution is 2.29. The topological polar surface area (TPSA) is 23.8 Å². The van der Waals surface area contributed by atoms with Crippen LogP contribution in [-0.4, -0.2) is 0 Å². The van der Waals surface area contributed by atoms with Crippen molar-refractivity contribution in [3.63, 3.8) is 0 Å². The van der Waals surface area contributed by atoms with Gasteiger partial charge in [0.1, 0.15) is 5.82 Å². The third-order valence-electron chi connectivity index (χ3n) is 2.28. The molecule has 0 fully saturated rings. The summed E-state index contributed by atoms with van der Waals surface area (Å²) in [5.41, 5.74) is 1.49. The Labute approximate surface area is 108 Å². The number of benzene rings is 2. The highest BCUT2D eigenvalue weighted by atomic mass is 35.5. The van der Waals surface area contributed by atoms with Gasteiger partial charge in [-0.25, -0.2) is 4.39 Å². The van der Waals surface area contributed by atoms with E-state index in [4.69, 9.17) is 28.5 Å². The minimum absolute atomic E-state index is 0.379. The second-order valence-corrected chi connectivity index (χ2v) is 4.33. The molecule has 0 aliphatic heterocycles. The molecule has 2 aromatic carbocycles. The largest absolute Gasteiger partial charge is 0.207 e. The quantitative estimate of drug-likeness (QED) is 0.735. The average Bonchev–Trinajstić information content (AvgIpc) is 2.27. The maximum atomic E-state index is 13.2. The van der Waals surface area contributed by atoms with E-state index >= 15 is 0 Å². The molecule has 2 rings (SSSR count). The van der Waals surface area contributed by atoms with Gasteiger partial charge < -0.3 is 0 Å². The summed E-state index contributed by atoms with van der Waals surface area (Å²) in [6, 6.07) is 10.8. The van der Waals surface area contributed by atoms with Crippen LogP contribution in [0.5, 0.6) is 0 Å². The third-order valence-corrected chi connectivity index (χ3v) is 2.71. The van der Waals surface area contributed by atoms with E-state index in [0.29, 0.717) is 26.7 Å². The smallest absolute Gasteiger partial charge is 0.123 e. The molecule has 4 heteroatoms. The summed E-state index contributed by atoms with van der Waals surface area (Å²) in [5.74, 6) is -0.407. The van der Waals surface area contributed by atoms with E-state index < -0.39 is 5.82 Å². The van der Waals surface area contributed by atoms with Crippen LogP contribution in [0.3, 0.4) is 0 Å². The van der Waals surface area contributed by atoms with E-state index in [1.807, 2.05) is 6.07 Å². The fourth-order valence-electron chi connectivity index (χ4n) is 1.56. The molecule has 0 radical (unpaired) electrons. The van der Waals surface area contributed by atoms with Crippen LogP contribution in [0, 0.1) is 17.1 Å². The van der Waals surface area contributed by atoms with Gasteiger partial charge in [-0.3, -0.25) is 0 Å². The third kappa shape index (κ3) is 2.58. The molecule has 0 spiro atoms. The van der Waals surface area contributed by atoms with E-state index in [2.05, 4.69) is 0 Å². The van der Waals surface area contributed by atoms with Crippen molar-refractivity contribution < 1.29 is 4.39 Å². The van der Waals surface area contributed by atoms with Crippen LogP contribution in [-0.2, 0) is 0 Å². The van der Waals surface area contributed by atoms with Crippen molar-refractivity contribution in [3.05, 3.63) is 57.8 Å². The maximum Gasteiger partial charge on any atom is 0.123 e. The number of halogens is 3. The average molecular weight is 266 g/mol. The molecular weight excluding hydrogens is 260 g/mol. The van der Waals surface area contributed by atoms with E-state index in [0.717, 1.165) is 0 Å². The number of rotatable bonds is 1. The first-order valence-electron chi connectivity index (χ1n) is 4.76. The Hall–Kier alpha value is -1.56. The molecule has 0 aliphatic carbocycles. The molecule has 1 nitrogen and oxygen atoms in total. The van der Waals surface area contributed by atoms with Crippen molar-refractivity contribution in [2.24, 2.45) is 0 Å². The zero-order valence-corrected chi connectivity index (χ0v) is 10.1. The minimum atomic E-state index is -0.407. The molecule has 0 amide bonds. The molecule has 0 unspecified atom stereocenters. The Balaban J connectivity index is 2.67. The molecule has 84 valence electrons. The Morgan fingerprint density at radius 1 is 1.00 bits per heavy atom. The van der Waals surface area contributed by atoms with Gasteiger partial charge in [-0.1, -0.05) is 23.2 Å². The molecule has 0 heterocycles. The zero-order chi connectivity index (χ0) is 12.4. The summed E-state index contributed by atoms with van der Waals surface area (Å²) >= 11 is 11.7. The number of hydrogen-bond acceptors (Lipinski definition) is 1. The SMILES string of the molecule is N#Cc1ccc(F)cc1-c1cc(Cl)cc(Cl)c1. The van der Waals surface area contributed by atoms with Crippen LogP contribution < -0.4 is 0 Å². The summed E-state index contributed by atoms with van der Waals surface area (Å²) in [7, 11) is 0. The Morgan fingerprint density at radius 2 is 1.65 bits per heavy atom. The lowest BCUT2D eigenvalue weighted by atomic mass is 10.0. The van der Waals surface area contributed by atoms with Crippen LogP contribution in [0.1, 0.15) is 5.56 Å². The second kappa shape index (κ2) is 4.75. The fraction of sp³-hybridized carbons (Fsp3) is 0. The summed E-state index contributed by atoms with van der Waals surface area (Å²) in [6.45, 7) is 0. The van der Waals surface area contributed by atoms with Gasteiger partial charge in [0.25, 0.3) is 0 Å². The van der Waals surface area contributed by atoms with E-state index in [-0.39, 0.29) is 0 Å². The first-order chi connectivity index (χ1) is 8.10. The van der Waals surface area contributed by atoms with Crippen LogP contribution >= 0.6 is 23.2 Å². The zero-order valence-electron chi connectivity index (χ0n) is 8.55. The molecular formula is C13H6Cl2FN. The molecule has 0 N–H and O–H groups in total. The lowest BCUT2D eigenvalue weighted by Crippen LogP contribution is -1.86. The molecule has 0 saturated heterocycles. The predicted molar refractivity (Wildman–Crippen MR) is 66.6 cm³/mol. The summed E-state index contributed by atoms with van der Waals surface area (Å²) in [5, 5.41) is 9.86. The number of nitrogens with zero attached hydrogens (tertiary/aromatic N) is 1. The van der Waals surface area contributed by atoms with Crippen molar-refractivity contribution in [1.29, 1.82) is 5.26 Å². The molecule has 0 atom stereocenters.